The summed E-state index contributed by atoms with van der Waals surface area (Å²) in [7, 11) is 0. The first-order valence-electron chi connectivity index (χ1n) is 7.71. The maximum Gasteiger partial charge on any atom is 0.401 e. The van der Waals surface area contributed by atoms with Gasteiger partial charge in [0.15, 0.2) is 0 Å². The highest BCUT2D eigenvalue weighted by atomic mass is 19.4. The summed E-state index contributed by atoms with van der Waals surface area (Å²) in [6, 6.07) is 0. The van der Waals surface area contributed by atoms with E-state index in [0.29, 0.717) is 32.1 Å². The Hall–Kier alpha value is -1.13. The minimum atomic E-state index is -4.60. The monoisotopic (exact) mass is 320 g/mol. The molecule has 2 rings (SSSR count). The van der Waals surface area contributed by atoms with Crippen molar-refractivity contribution in [2.45, 2.75) is 44.5 Å². The maximum atomic E-state index is 14.2. The molecule has 2 aliphatic carbocycles. The highest BCUT2D eigenvalue weighted by Crippen LogP contribution is 2.55. The van der Waals surface area contributed by atoms with E-state index in [0.717, 1.165) is 12.2 Å². The molecule has 124 valence electrons. The van der Waals surface area contributed by atoms with Crippen LogP contribution in [-0.4, -0.2) is 19.0 Å². The van der Waals surface area contributed by atoms with Gasteiger partial charge >= 0.3 is 6.18 Å². The Balaban J connectivity index is 2.10. The van der Waals surface area contributed by atoms with Gasteiger partial charge in [-0.3, -0.25) is 4.39 Å². The Morgan fingerprint density at radius 2 is 1.77 bits per heavy atom. The van der Waals surface area contributed by atoms with E-state index in [-0.39, 0.29) is 5.92 Å². The standard InChI is InChI=1S/C17H21F5/c18-12-4-2-5-13-7-9-14(10-8-13)16(17(20,21)22)11-3-1-6-15(16)19/h1-3,5-6,11,13-15H,4,7-10,12H2/b5-2+. The maximum absolute atomic E-state index is 14.2. The van der Waals surface area contributed by atoms with E-state index in [1.807, 2.05) is 6.08 Å². The first kappa shape index (κ1) is 17.2. The van der Waals surface area contributed by atoms with E-state index >= 15 is 0 Å². The van der Waals surface area contributed by atoms with Crippen LogP contribution >= 0.6 is 0 Å². The van der Waals surface area contributed by atoms with Crippen LogP contribution < -0.4 is 0 Å². The Morgan fingerprint density at radius 1 is 1.09 bits per heavy atom. The van der Waals surface area contributed by atoms with Crippen molar-refractivity contribution >= 4 is 0 Å². The summed E-state index contributed by atoms with van der Waals surface area (Å²) < 4.78 is 67.0. The largest absolute Gasteiger partial charge is 0.401 e. The molecule has 2 unspecified atom stereocenters. The van der Waals surface area contributed by atoms with Crippen LogP contribution in [0.1, 0.15) is 32.1 Å². The SMILES string of the molecule is FCC/C=C/C1CCC(C2(C(F)(F)F)C=CC=CC2F)CC1. The highest BCUT2D eigenvalue weighted by molar-refractivity contribution is 5.25. The van der Waals surface area contributed by atoms with Crippen LogP contribution in [0.25, 0.3) is 0 Å². The zero-order chi connectivity index (χ0) is 16.2. The molecule has 0 aromatic heterocycles. The van der Waals surface area contributed by atoms with Gasteiger partial charge in [0, 0.05) is 0 Å². The lowest BCUT2D eigenvalue weighted by molar-refractivity contribution is -0.242. The van der Waals surface area contributed by atoms with Gasteiger partial charge < -0.3 is 0 Å². The van der Waals surface area contributed by atoms with E-state index in [4.69, 9.17) is 0 Å². The van der Waals surface area contributed by atoms with Crippen molar-refractivity contribution in [3.05, 3.63) is 36.5 Å². The fraction of sp³-hybridized carbons (Fsp3) is 0.647. The Labute approximate surface area is 127 Å². The molecule has 0 heterocycles. The zero-order valence-electron chi connectivity index (χ0n) is 12.3. The highest BCUT2D eigenvalue weighted by Gasteiger charge is 2.62. The van der Waals surface area contributed by atoms with Crippen LogP contribution in [0.2, 0.25) is 0 Å². The van der Waals surface area contributed by atoms with Gasteiger partial charge in [-0.2, -0.15) is 13.2 Å². The summed E-state index contributed by atoms with van der Waals surface area (Å²) >= 11 is 0. The Bertz CT molecular complexity index is 440. The first-order chi connectivity index (χ1) is 10.4. The number of hydrogen-bond donors (Lipinski definition) is 0. The van der Waals surface area contributed by atoms with Gasteiger partial charge in [-0.05, 0) is 50.0 Å². The number of rotatable bonds is 4. The second kappa shape index (κ2) is 6.97. The lowest BCUT2D eigenvalue weighted by Gasteiger charge is -2.45. The molecule has 0 amide bonds. The molecule has 1 saturated carbocycles. The van der Waals surface area contributed by atoms with Gasteiger partial charge in [-0.25, -0.2) is 4.39 Å². The van der Waals surface area contributed by atoms with Crippen LogP contribution in [-0.2, 0) is 0 Å². The van der Waals surface area contributed by atoms with Gasteiger partial charge in [0.05, 0.1) is 6.67 Å². The molecule has 0 nitrogen and oxygen atoms in total. The van der Waals surface area contributed by atoms with Crippen LogP contribution in [0, 0.1) is 17.3 Å². The molecule has 0 aliphatic heterocycles. The van der Waals surface area contributed by atoms with Gasteiger partial charge in [0.2, 0.25) is 0 Å². The second-order valence-corrected chi connectivity index (χ2v) is 6.09. The fourth-order valence-electron chi connectivity index (χ4n) is 3.61. The smallest absolute Gasteiger partial charge is 0.251 e. The minimum Gasteiger partial charge on any atom is -0.251 e. The second-order valence-electron chi connectivity index (χ2n) is 6.09. The van der Waals surface area contributed by atoms with Gasteiger partial charge in [0.1, 0.15) is 11.6 Å². The molecule has 0 saturated heterocycles. The molecule has 0 aromatic carbocycles. The third-order valence-electron chi connectivity index (χ3n) is 4.84. The van der Waals surface area contributed by atoms with Crippen LogP contribution in [0.4, 0.5) is 22.0 Å². The molecular formula is C17H21F5. The van der Waals surface area contributed by atoms with Crippen LogP contribution in [0.3, 0.4) is 0 Å². The van der Waals surface area contributed by atoms with Crippen LogP contribution in [0.5, 0.6) is 0 Å². The van der Waals surface area contributed by atoms with Crippen molar-refractivity contribution in [2.24, 2.45) is 17.3 Å². The molecule has 0 bridgehead atoms. The average Bonchev–Trinajstić information content (AvgIpc) is 2.48. The molecule has 0 radical (unpaired) electrons. The van der Waals surface area contributed by atoms with E-state index in [2.05, 4.69) is 0 Å². The summed E-state index contributed by atoms with van der Waals surface area (Å²) in [5.41, 5.74) is -2.39. The average molecular weight is 320 g/mol. The Morgan fingerprint density at radius 3 is 2.32 bits per heavy atom. The van der Waals surface area contributed by atoms with Crippen molar-refractivity contribution < 1.29 is 22.0 Å². The van der Waals surface area contributed by atoms with Crippen molar-refractivity contribution in [3.8, 4) is 0 Å². The predicted molar refractivity (Wildman–Crippen MR) is 76.8 cm³/mol. The fourth-order valence-corrected chi connectivity index (χ4v) is 3.61. The molecule has 0 N–H and O–H groups in total. The third-order valence-corrected chi connectivity index (χ3v) is 4.84. The number of allylic oxidation sites excluding steroid dienone is 6. The normalized spacial score (nSPS) is 36.1. The first-order valence-corrected chi connectivity index (χ1v) is 7.71. The zero-order valence-corrected chi connectivity index (χ0v) is 12.3. The summed E-state index contributed by atoms with van der Waals surface area (Å²) in [5, 5.41) is 0. The quantitative estimate of drug-likeness (QED) is 0.459. The predicted octanol–water partition coefficient (Wildman–Crippen LogP) is 5.72. The summed E-state index contributed by atoms with van der Waals surface area (Å²) in [6.45, 7) is -0.427. The lowest BCUT2D eigenvalue weighted by Crippen LogP contribution is -2.51. The van der Waals surface area contributed by atoms with E-state index in [9.17, 15) is 22.0 Å². The van der Waals surface area contributed by atoms with E-state index in [1.54, 1.807) is 6.08 Å². The van der Waals surface area contributed by atoms with Crippen LogP contribution in [0.15, 0.2) is 36.5 Å². The van der Waals surface area contributed by atoms with Gasteiger partial charge in [0.25, 0.3) is 0 Å². The molecule has 2 aliphatic rings. The molecule has 5 heteroatoms. The van der Waals surface area contributed by atoms with Crippen molar-refractivity contribution in [2.75, 3.05) is 6.67 Å². The third kappa shape index (κ3) is 3.28. The van der Waals surface area contributed by atoms with Crippen molar-refractivity contribution in [1.29, 1.82) is 0 Å². The number of halogens is 5. The molecule has 0 spiro atoms. The minimum absolute atomic E-state index is 0.175. The number of hydrogen-bond acceptors (Lipinski definition) is 0. The van der Waals surface area contributed by atoms with E-state index < -0.39 is 30.4 Å². The molecule has 2 atom stereocenters. The molecular weight excluding hydrogens is 299 g/mol. The van der Waals surface area contributed by atoms with Gasteiger partial charge in [-0.1, -0.05) is 30.4 Å². The molecule has 22 heavy (non-hydrogen) atoms. The summed E-state index contributed by atoms with van der Waals surface area (Å²) in [5.74, 6) is -0.566. The van der Waals surface area contributed by atoms with E-state index in [1.165, 1.54) is 12.2 Å². The van der Waals surface area contributed by atoms with Crippen molar-refractivity contribution in [1.82, 2.24) is 0 Å². The van der Waals surface area contributed by atoms with Gasteiger partial charge in [-0.15, -0.1) is 0 Å². The molecule has 0 aromatic rings. The van der Waals surface area contributed by atoms with Crippen molar-refractivity contribution in [3.63, 3.8) is 0 Å². The lowest BCUT2D eigenvalue weighted by atomic mass is 9.63. The number of alkyl halides is 5. The molecule has 1 fully saturated rings. The summed E-state index contributed by atoms with van der Waals surface area (Å²) in [6.07, 6.45) is 3.84. The Kier molecular flexibility index (Phi) is 5.45. The topological polar surface area (TPSA) is 0 Å². The summed E-state index contributed by atoms with van der Waals surface area (Å²) in [4.78, 5) is 0.